The lowest BCUT2D eigenvalue weighted by Gasteiger charge is -2.34. The lowest BCUT2D eigenvalue weighted by Crippen LogP contribution is -2.44. The average molecular weight is 476 g/mol. The van der Waals surface area contributed by atoms with Gasteiger partial charge in [0.1, 0.15) is 17.4 Å². The molecule has 2 aromatic carbocycles. The molecule has 1 aromatic heterocycles. The van der Waals surface area contributed by atoms with Crippen LogP contribution in [0.3, 0.4) is 0 Å². The van der Waals surface area contributed by atoms with E-state index in [1.165, 1.54) is 5.69 Å². The van der Waals surface area contributed by atoms with Crippen LogP contribution in [0.25, 0.3) is 32.9 Å². The maximum atomic E-state index is 11.9. The van der Waals surface area contributed by atoms with Gasteiger partial charge in [-0.15, -0.1) is 0 Å². The zero-order chi connectivity index (χ0) is 24.5. The number of rotatable bonds is 12. The standard InChI is InChI=1S/C26H33N7O2/c1-32-14-16-33(17-15-32)21-9-12-24-25(19-21)30-26(29-24)20-7-10-23(11-8-20)35-18-4-6-22(34)5-2-3-13-28-31-27/h7-12,19H,2-6,13-18H2,1H3,(H,29,30). The van der Waals surface area contributed by atoms with E-state index in [1.54, 1.807) is 0 Å². The highest BCUT2D eigenvalue weighted by atomic mass is 16.5. The number of nitrogens with zero attached hydrogens (tertiary/aromatic N) is 6. The summed E-state index contributed by atoms with van der Waals surface area (Å²) < 4.78 is 5.81. The van der Waals surface area contributed by atoms with Crippen LogP contribution in [0.15, 0.2) is 47.6 Å². The number of ketones is 1. The molecule has 0 atom stereocenters. The highest BCUT2D eigenvalue weighted by Gasteiger charge is 2.15. The number of benzene rings is 2. The molecule has 3 aromatic rings. The predicted octanol–water partition coefficient (Wildman–Crippen LogP) is 5.19. The normalized spacial score (nSPS) is 14.1. The molecule has 9 nitrogen and oxygen atoms in total. The molecule has 1 fully saturated rings. The van der Waals surface area contributed by atoms with Gasteiger partial charge in [0.15, 0.2) is 0 Å². The third kappa shape index (κ3) is 6.97. The minimum Gasteiger partial charge on any atom is -0.494 e. The predicted molar refractivity (Wildman–Crippen MR) is 139 cm³/mol. The summed E-state index contributed by atoms with van der Waals surface area (Å²) in [6.07, 6.45) is 3.25. The van der Waals surface area contributed by atoms with Crippen LogP contribution < -0.4 is 9.64 Å². The van der Waals surface area contributed by atoms with Gasteiger partial charge >= 0.3 is 0 Å². The third-order valence-electron chi connectivity index (χ3n) is 6.36. The van der Waals surface area contributed by atoms with Gasteiger partial charge in [0.05, 0.1) is 17.6 Å². The number of unbranched alkanes of at least 4 members (excludes halogenated alkanes) is 1. The number of aromatic amines is 1. The van der Waals surface area contributed by atoms with Gasteiger partial charge in [-0.25, -0.2) is 4.98 Å². The van der Waals surface area contributed by atoms with Gasteiger partial charge in [0, 0.05) is 61.7 Å². The number of carbonyl (C=O) groups excluding carboxylic acids is 1. The Morgan fingerprint density at radius 1 is 1.09 bits per heavy atom. The number of Topliss-reactive ketones (excluding diaryl/α,β-unsaturated/α-hetero) is 1. The first-order valence-corrected chi connectivity index (χ1v) is 12.3. The molecule has 0 unspecified atom stereocenters. The van der Waals surface area contributed by atoms with Crippen molar-refractivity contribution >= 4 is 22.5 Å². The van der Waals surface area contributed by atoms with E-state index in [0.717, 1.165) is 67.2 Å². The highest BCUT2D eigenvalue weighted by Crippen LogP contribution is 2.26. The average Bonchev–Trinajstić information content (AvgIpc) is 3.31. The SMILES string of the molecule is CN1CCN(c2ccc3nc(-c4ccc(OCCCC(=O)CCCCN=[N+]=[N-])cc4)[nH]c3c2)CC1. The maximum absolute atomic E-state index is 11.9. The third-order valence-corrected chi connectivity index (χ3v) is 6.36. The number of anilines is 1. The molecule has 0 bridgehead atoms. The largest absolute Gasteiger partial charge is 0.494 e. The molecule has 0 spiro atoms. The van der Waals surface area contributed by atoms with Crippen LogP contribution in [0.5, 0.6) is 5.75 Å². The summed E-state index contributed by atoms with van der Waals surface area (Å²) in [7, 11) is 2.17. The summed E-state index contributed by atoms with van der Waals surface area (Å²) in [5, 5.41) is 3.48. The number of carbonyl (C=O) groups is 1. The van der Waals surface area contributed by atoms with Crippen LogP contribution in [0.1, 0.15) is 32.1 Å². The number of hydrogen-bond acceptors (Lipinski definition) is 6. The Morgan fingerprint density at radius 2 is 1.86 bits per heavy atom. The maximum Gasteiger partial charge on any atom is 0.138 e. The molecule has 1 aliphatic rings. The second kappa shape index (κ2) is 12.2. The van der Waals surface area contributed by atoms with E-state index < -0.39 is 0 Å². The minimum atomic E-state index is 0.227. The van der Waals surface area contributed by atoms with Gasteiger partial charge in [-0.3, -0.25) is 4.79 Å². The Labute approximate surface area is 205 Å². The van der Waals surface area contributed by atoms with Crippen LogP contribution in [0.4, 0.5) is 5.69 Å². The van der Waals surface area contributed by atoms with Crippen molar-refractivity contribution in [2.24, 2.45) is 5.11 Å². The van der Waals surface area contributed by atoms with E-state index in [4.69, 9.17) is 15.3 Å². The monoisotopic (exact) mass is 475 g/mol. The van der Waals surface area contributed by atoms with Gasteiger partial charge in [0.25, 0.3) is 0 Å². The molecule has 1 N–H and O–H groups in total. The quantitative estimate of drug-likeness (QED) is 0.168. The van der Waals surface area contributed by atoms with Crippen LogP contribution in [-0.2, 0) is 4.79 Å². The van der Waals surface area contributed by atoms with Crippen molar-refractivity contribution in [1.29, 1.82) is 0 Å². The fourth-order valence-electron chi connectivity index (χ4n) is 4.24. The van der Waals surface area contributed by atoms with Crippen molar-refractivity contribution in [3.05, 3.63) is 52.9 Å². The molecule has 0 amide bonds. The number of hydrogen-bond donors (Lipinski definition) is 1. The van der Waals surface area contributed by atoms with Crippen molar-refractivity contribution in [3.63, 3.8) is 0 Å². The Morgan fingerprint density at radius 3 is 2.63 bits per heavy atom. The molecule has 0 aliphatic carbocycles. The van der Waals surface area contributed by atoms with Gasteiger partial charge in [-0.05, 0) is 74.3 Å². The van der Waals surface area contributed by atoms with Crippen LogP contribution in [0.2, 0.25) is 0 Å². The van der Waals surface area contributed by atoms with Gasteiger partial charge in [0.2, 0.25) is 0 Å². The fourth-order valence-corrected chi connectivity index (χ4v) is 4.24. The van der Waals surface area contributed by atoms with Crippen molar-refractivity contribution in [1.82, 2.24) is 14.9 Å². The molecular formula is C26H33N7O2. The van der Waals surface area contributed by atoms with E-state index in [2.05, 4.69) is 50.1 Å². The Bertz CT molecular complexity index is 1160. The Kier molecular flexibility index (Phi) is 8.59. The lowest BCUT2D eigenvalue weighted by molar-refractivity contribution is -0.119. The summed E-state index contributed by atoms with van der Waals surface area (Å²) in [4.78, 5) is 27.6. The zero-order valence-electron chi connectivity index (χ0n) is 20.3. The number of nitrogens with one attached hydrogen (secondary N) is 1. The van der Waals surface area contributed by atoms with E-state index in [9.17, 15) is 4.79 Å². The van der Waals surface area contributed by atoms with E-state index >= 15 is 0 Å². The minimum absolute atomic E-state index is 0.227. The Hall–Kier alpha value is -3.55. The molecule has 2 heterocycles. The fraction of sp³-hybridized carbons (Fsp3) is 0.462. The molecule has 1 saturated heterocycles. The first-order valence-electron chi connectivity index (χ1n) is 12.3. The Balaban J connectivity index is 1.25. The number of piperazine rings is 1. The number of fused-ring (bicyclic) bond motifs is 1. The molecule has 9 heteroatoms. The second-order valence-corrected chi connectivity index (χ2v) is 9.00. The number of azide groups is 1. The van der Waals surface area contributed by atoms with Crippen molar-refractivity contribution in [2.75, 3.05) is 51.3 Å². The summed E-state index contributed by atoms with van der Waals surface area (Å²) in [5.41, 5.74) is 12.5. The molecule has 4 rings (SSSR count). The second-order valence-electron chi connectivity index (χ2n) is 9.00. The van der Waals surface area contributed by atoms with E-state index in [0.29, 0.717) is 32.4 Å². The zero-order valence-corrected chi connectivity index (χ0v) is 20.3. The molecule has 1 aliphatic heterocycles. The summed E-state index contributed by atoms with van der Waals surface area (Å²) in [5.74, 6) is 1.85. The van der Waals surface area contributed by atoms with E-state index in [1.807, 2.05) is 24.3 Å². The van der Waals surface area contributed by atoms with Gasteiger partial charge in [-0.2, -0.15) is 0 Å². The van der Waals surface area contributed by atoms with Gasteiger partial charge < -0.3 is 19.5 Å². The lowest BCUT2D eigenvalue weighted by atomic mass is 10.1. The number of aromatic nitrogens is 2. The molecular weight excluding hydrogens is 442 g/mol. The topological polar surface area (TPSA) is 110 Å². The van der Waals surface area contributed by atoms with Gasteiger partial charge in [-0.1, -0.05) is 5.11 Å². The number of H-pyrrole nitrogens is 1. The van der Waals surface area contributed by atoms with Crippen LogP contribution in [-0.4, -0.2) is 67.0 Å². The smallest absolute Gasteiger partial charge is 0.138 e. The molecule has 0 saturated carbocycles. The number of ether oxygens (including phenoxy) is 1. The molecule has 184 valence electrons. The highest BCUT2D eigenvalue weighted by molar-refractivity contribution is 5.83. The van der Waals surface area contributed by atoms with Crippen LogP contribution in [0, 0.1) is 0 Å². The molecule has 35 heavy (non-hydrogen) atoms. The van der Waals surface area contributed by atoms with Crippen molar-refractivity contribution in [3.8, 4) is 17.1 Å². The van der Waals surface area contributed by atoms with Crippen molar-refractivity contribution in [2.45, 2.75) is 32.1 Å². The van der Waals surface area contributed by atoms with Crippen LogP contribution >= 0.6 is 0 Å². The van der Waals surface area contributed by atoms with E-state index in [-0.39, 0.29) is 5.78 Å². The first-order chi connectivity index (χ1) is 17.1. The molecule has 0 radical (unpaired) electrons. The number of imidazole rings is 1. The first kappa shape index (κ1) is 24.6. The van der Waals surface area contributed by atoms with Crippen molar-refractivity contribution < 1.29 is 9.53 Å². The summed E-state index contributed by atoms with van der Waals surface area (Å²) >= 11 is 0. The number of likely N-dealkylation sites (N-methyl/N-ethyl adjacent to an activating group) is 1. The summed E-state index contributed by atoms with van der Waals surface area (Å²) in [6, 6.07) is 14.3. The summed E-state index contributed by atoms with van der Waals surface area (Å²) in [6.45, 7) is 5.20.